The molecule has 0 radical (unpaired) electrons. The van der Waals surface area contributed by atoms with Crippen molar-refractivity contribution in [3.63, 3.8) is 0 Å². The largest absolute Gasteiger partial charge is 0.459 e. The highest BCUT2D eigenvalue weighted by atomic mass is 79.9. The van der Waals surface area contributed by atoms with Gasteiger partial charge in [0.05, 0.1) is 11.6 Å². The highest BCUT2D eigenvalue weighted by Gasteiger charge is 2.34. The first-order valence-electron chi connectivity index (χ1n) is 6.71. The van der Waals surface area contributed by atoms with Crippen LogP contribution < -0.4 is 5.32 Å². The number of hydrogen-bond acceptors (Lipinski definition) is 3. The van der Waals surface area contributed by atoms with Crippen LogP contribution in [-0.2, 0) is 0 Å². The van der Waals surface area contributed by atoms with Crippen LogP contribution in [0.3, 0.4) is 0 Å². The maximum Gasteiger partial charge on any atom is 0.134 e. The highest BCUT2D eigenvalue weighted by molar-refractivity contribution is 9.10. The first kappa shape index (κ1) is 13.2. The van der Waals surface area contributed by atoms with E-state index in [0.717, 1.165) is 40.5 Å². The van der Waals surface area contributed by atoms with Crippen LogP contribution in [0.5, 0.6) is 0 Å². The zero-order valence-corrected chi connectivity index (χ0v) is 12.5. The van der Waals surface area contributed by atoms with Gasteiger partial charge in [0.25, 0.3) is 0 Å². The molecule has 1 aromatic heterocycles. The Morgan fingerprint density at radius 3 is 2.89 bits per heavy atom. The van der Waals surface area contributed by atoms with E-state index in [-0.39, 0.29) is 6.04 Å². The van der Waals surface area contributed by atoms with Gasteiger partial charge in [-0.3, -0.25) is 0 Å². The van der Waals surface area contributed by atoms with Gasteiger partial charge in [-0.05, 0) is 50.5 Å². The van der Waals surface area contributed by atoms with E-state index in [0.29, 0.717) is 6.54 Å². The number of furan rings is 1. The van der Waals surface area contributed by atoms with Gasteiger partial charge in [-0.2, -0.15) is 0 Å². The van der Waals surface area contributed by atoms with Crippen LogP contribution >= 0.6 is 15.9 Å². The predicted molar refractivity (Wildman–Crippen MR) is 79.1 cm³/mol. The van der Waals surface area contributed by atoms with Crippen LogP contribution in [0.4, 0.5) is 0 Å². The average Bonchev–Trinajstić information content (AvgIpc) is 2.76. The lowest BCUT2D eigenvalue weighted by molar-refractivity contribution is -0.0332. The van der Waals surface area contributed by atoms with Crippen molar-refractivity contribution in [1.29, 1.82) is 0 Å². The average molecular weight is 324 g/mol. The van der Waals surface area contributed by atoms with Crippen molar-refractivity contribution in [2.45, 2.75) is 37.8 Å². The normalized spacial score (nSPS) is 19.3. The zero-order chi connectivity index (χ0) is 13.5. The van der Waals surface area contributed by atoms with Crippen LogP contribution in [0.25, 0.3) is 11.0 Å². The molecule has 0 amide bonds. The summed E-state index contributed by atoms with van der Waals surface area (Å²) in [5.74, 6) is 0.913. The molecule has 1 fully saturated rings. The monoisotopic (exact) mass is 323 g/mol. The number of rotatable bonds is 4. The lowest BCUT2D eigenvalue weighted by Gasteiger charge is -2.37. The number of fused-ring (bicyclic) bond motifs is 1. The van der Waals surface area contributed by atoms with Gasteiger partial charge < -0.3 is 14.8 Å². The quantitative estimate of drug-likeness (QED) is 0.900. The van der Waals surface area contributed by atoms with Gasteiger partial charge in [0.1, 0.15) is 11.3 Å². The van der Waals surface area contributed by atoms with Crippen LogP contribution in [0.2, 0.25) is 0 Å². The summed E-state index contributed by atoms with van der Waals surface area (Å²) in [5.41, 5.74) is 0.401. The number of halogens is 1. The summed E-state index contributed by atoms with van der Waals surface area (Å²) in [6.07, 6.45) is 2.94. The summed E-state index contributed by atoms with van der Waals surface area (Å²) < 4.78 is 6.89. The highest BCUT2D eigenvalue weighted by Crippen LogP contribution is 2.32. The summed E-state index contributed by atoms with van der Waals surface area (Å²) in [7, 11) is 0. The van der Waals surface area contributed by atoms with E-state index in [9.17, 15) is 5.11 Å². The molecule has 2 N–H and O–H groups in total. The molecule has 1 atom stereocenters. The molecule has 1 aliphatic rings. The number of benzene rings is 1. The minimum atomic E-state index is -0.497. The van der Waals surface area contributed by atoms with E-state index in [1.54, 1.807) is 0 Å². The van der Waals surface area contributed by atoms with Crippen molar-refractivity contribution in [2.75, 3.05) is 6.54 Å². The Labute approximate surface area is 121 Å². The third kappa shape index (κ3) is 2.71. The fourth-order valence-corrected chi connectivity index (χ4v) is 2.83. The van der Waals surface area contributed by atoms with Crippen LogP contribution in [0.15, 0.2) is 33.2 Å². The fraction of sp³-hybridized carbons (Fsp3) is 0.467. The molecule has 1 aromatic carbocycles. The van der Waals surface area contributed by atoms with Gasteiger partial charge in [0.2, 0.25) is 0 Å². The van der Waals surface area contributed by atoms with Crippen molar-refractivity contribution in [2.24, 2.45) is 0 Å². The Bertz CT molecular complexity index is 589. The summed E-state index contributed by atoms with van der Waals surface area (Å²) in [4.78, 5) is 0. The molecule has 1 unspecified atom stereocenters. The van der Waals surface area contributed by atoms with E-state index in [1.165, 1.54) is 0 Å². The van der Waals surface area contributed by atoms with Crippen molar-refractivity contribution in [3.8, 4) is 0 Å². The minimum absolute atomic E-state index is 0.107. The van der Waals surface area contributed by atoms with Gasteiger partial charge in [-0.25, -0.2) is 0 Å². The number of nitrogens with one attached hydrogen (secondary N) is 1. The van der Waals surface area contributed by atoms with Crippen LogP contribution in [-0.4, -0.2) is 17.3 Å². The molecule has 1 heterocycles. The summed E-state index contributed by atoms with van der Waals surface area (Å²) in [5, 5.41) is 14.5. The van der Waals surface area contributed by atoms with E-state index in [2.05, 4.69) is 40.3 Å². The predicted octanol–water partition coefficient (Wildman–Crippen LogP) is 3.76. The lowest BCUT2D eigenvalue weighted by atomic mass is 9.80. The van der Waals surface area contributed by atoms with E-state index in [4.69, 9.17) is 4.42 Å². The standard InChI is InChI=1S/C15H18BrNO2/c1-10(17-9-15(18)5-2-6-15)14-8-11-7-12(16)3-4-13(11)19-14/h3-4,7-8,10,17-18H,2,5-6,9H2,1H3. The first-order chi connectivity index (χ1) is 9.06. The van der Waals surface area contributed by atoms with Crippen molar-refractivity contribution >= 4 is 26.9 Å². The molecule has 102 valence electrons. The maximum absolute atomic E-state index is 10.1. The Hall–Kier alpha value is -0.840. The Morgan fingerprint density at radius 2 is 2.21 bits per heavy atom. The van der Waals surface area contributed by atoms with Gasteiger partial charge in [-0.15, -0.1) is 0 Å². The Morgan fingerprint density at radius 1 is 1.42 bits per heavy atom. The topological polar surface area (TPSA) is 45.4 Å². The molecule has 1 saturated carbocycles. The van der Waals surface area contributed by atoms with Crippen LogP contribution in [0.1, 0.15) is 38.0 Å². The van der Waals surface area contributed by atoms with E-state index < -0.39 is 5.60 Å². The number of hydrogen-bond donors (Lipinski definition) is 2. The molecule has 19 heavy (non-hydrogen) atoms. The molecule has 0 spiro atoms. The molecule has 3 rings (SSSR count). The first-order valence-corrected chi connectivity index (χ1v) is 7.50. The zero-order valence-electron chi connectivity index (χ0n) is 10.9. The smallest absolute Gasteiger partial charge is 0.134 e. The molecule has 0 aliphatic heterocycles. The van der Waals surface area contributed by atoms with E-state index >= 15 is 0 Å². The van der Waals surface area contributed by atoms with Crippen LogP contribution in [0, 0.1) is 0 Å². The molecule has 3 nitrogen and oxygen atoms in total. The van der Waals surface area contributed by atoms with Gasteiger partial charge >= 0.3 is 0 Å². The second-order valence-electron chi connectivity index (χ2n) is 5.51. The molecule has 0 saturated heterocycles. The fourth-order valence-electron chi connectivity index (χ4n) is 2.45. The SMILES string of the molecule is CC(NCC1(O)CCC1)c1cc2cc(Br)ccc2o1. The van der Waals surface area contributed by atoms with Gasteiger partial charge in [0, 0.05) is 16.4 Å². The van der Waals surface area contributed by atoms with Gasteiger partial charge in [0.15, 0.2) is 0 Å². The number of aliphatic hydroxyl groups is 1. The van der Waals surface area contributed by atoms with E-state index in [1.807, 2.05) is 12.1 Å². The Kier molecular flexibility index (Phi) is 3.41. The summed E-state index contributed by atoms with van der Waals surface area (Å²) >= 11 is 3.46. The molecular formula is C15H18BrNO2. The second kappa shape index (κ2) is 4.93. The van der Waals surface area contributed by atoms with Crippen molar-refractivity contribution in [3.05, 3.63) is 34.5 Å². The molecule has 1 aliphatic carbocycles. The minimum Gasteiger partial charge on any atom is -0.459 e. The summed E-state index contributed by atoms with van der Waals surface area (Å²) in [6.45, 7) is 2.70. The van der Waals surface area contributed by atoms with Crippen molar-refractivity contribution < 1.29 is 9.52 Å². The third-order valence-electron chi connectivity index (χ3n) is 3.95. The molecule has 2 aromatic rings. The maximum atomic E-state index is 10.1. The third-order valence-corrected chi connectivity index (χ3v) is 4.44. The lowest BCUT2D eigenvalue weighted by Crippen LogP contribution is -2.46. The Balaban J connectivity index is 1.72. The second-order valence-corrected chi connectivity index (χ2v) is 6.43. The van der Waals surface area contributed by atoms with Crippen molar-refractivity contribution in [1.82, 2.24) is 5.32 Å². The summed E-state index contributed by atoms with van der Waals surface area (Å²) in [6, 6.07) is 8.16. The molecule has 0 bridgehead atoms. The van der Waals surface area contributed by atoms with Gasteiger partial charge in [-0.1, -0.05) is 15.9 Å². The molecular weight excluding hydrogens is 306 g/mol. The molecule has 4 heteroatoms.